The third-order valence-electron chi connectivity index (χ3n) is 3.56. The van der Waals surface area contributed by atoms with Crippen LogP contribution in [0.25, 0.3) is 5.82 Å². The summed E-state index contributed by atoms with van der Waals surface area (Å²) in [5.41, 5.74) is 1.94. The van der Waals surface area contributed by atoms with Crippen molar-refractivity contribution in [2.24, 2.45) is 0 Å². The molecule has 24 heavy (non-hydrogen) atoms. The predicted molar refractivity (Wildman–Crippen MR) is 90.8 cm³/mol. The lowest BCUT2D eigenvalue weighted by molar-refractivity contribution is 0.391. The van der Waals surface area contributed by atoms with Gasteiger partial charge in [0.2, 0.25) is 0 Å². The van der Waals surface area contributed by atoms with Crippen molar-refractivity contribution in [1.29, 1.82) is 0 Å². The minimum atomic E-state index is 0.572. The number of anilines is 1. The maximum Gasteiger partial charge on any atom is 0.175 e. The van der Waals surface area contributed by atoms with E-state index in [1.54, 1.807) is 18.9 Å². The molecule has 2 aromatic heterocycles. The first kappa shape index (κ1) is 15.8. The van der Waals surface area contributed by atoms with E-state index in [1.807, 2.05) is 49.5 Å². The Labute approximate surface area is 140 Å². The number of benzene rings is 1. The van der Waals surface area contributed by atoms with Crippen LogP contribution in [0.4, 0.5) is 5.82 Å². The van der Waals surface area contributed by atoms with Crippen LogP contribution in [-0.4, -0.2) is 34.2 Å². The van der Waals surface area contributed by atoms with Crippen LogP contribution in [0.1, 0.15) is 11.3 Å². The van der Waals surface area contributed by atoms with Gasteiger partial charge in [-0.3, -0.25) is 0 Å². The number of ether oxygens (including phenoxy) is 2. The molecule has 0 radical (unpaired) electrons. The van der Waals surface area contributed by atoms with Gasteiger partial charge < -0.3 is 14.8 Å². The lowest BCUT2D eigenvalue weighted by atomic mass is 10.2. The summed E-state index contributed by atoms with van der Waals surface area (Å²) in [4.78, 5) is 0. The van der Waals surface area contributed by atoms with Crippen LogP contribution in [-0.2, 0) is 6.54 Å². The van der Waals surface area contributed by atoms with E-state index < -0.39 is 0 Å². The third kappa shape index (κ3) is 3.45. The minimum Gasteiger partial charge on any atom is -0.497 e. The van der Waals surface area contributed by atoms with Gasteiger partial charge in [-0.25, -0.2) is 4.68 Å². The highest BCUT2D eigenvalue weighted by Crippen LogP contribution is 2.25. The monoisotopic (exact) mass is 325 g/mol. The summed E-state index contributed by atoms with van der Waals surface area (Å²) >= 11 is 0. The van der Waals surface area contributed by atoms with E-state index in [0.29, 0.717) is 18.2 Å². The van der Waals surface area contributed by atoms with Gasteiger partial charge in [0, 0.05) is 24.4 Å². The molecule has 3 aromatic rings. The van der Waals surface area contributed by atoms with Gasteiger partial charge in [0.25, 0.3) is 0 Å². The number of hydrogen-bond donors (Lipinski definition) is 1. The van der Waals surface area contributed by atoms with Gasteiger partial charge in [-0.2, -0.15) is 5.10 Å². The Hall–Kier alpha value is -3.09. The molecule has 0 saturated heterocycles. The van der Waals surface area contributed by atoms with Crippen molar-refractivity contribution < 1.29 is 9.47 Å². The molecule has 7 nitrogen and oxygen atoms in total. The van der Waals surface area contributed by atoms with E-state index in [0.717, 1.165) is 22.8 Å². The van der Waals surface area contributed by atoms with Crippen molar-refractivity contribution in [3.63, 3.8) is 0 Å². The summed E-state index contributed by atoms with van der Waals surface area (Å²) < 4.78 is 12.3. The average Bonchev–Trinajstić information content (AvgIpc) is 3.06. The fourth-order valence-corrected chi connectivity index (χ4v) is 2.27. The molecule has 0 spiro atoms. The number of hydrogen-bond acceptors (Lipinski definition) is 6. The van der Waals surface area contributed by atoms with E-state index >= 15 is 0 Å². The van der Waals surface area contributed by atoms with Crippen LogP contribution >= 0.6 is 0 Å². The summed E-state index contributed by atoms with van der Waals surface area (Å²) in [6, 6.07) is 11.4. The molecule has 7 heteroatoms. The molecule has 1 N–H and O–H groups in total. The number of nitrogens with one attached hydrogen (secondary N) is 1. The van der Waals surface area contributed by atoms with Crippen LogP contribution < -0.4 is 14.8 Å². The predicted octanol–water partition coefficient (Wildman–Crippen LogP) is 2.60. The second kappa shape index (κ2) is 6.99. The zero-order valence-electron chi connectivity index (χ0n) is 13.9. The highest BCUT2D eigenvalue weighted by molar-refractivity contribution is 5.44. The standard InChI is InChI=1S/C17H19N5O2/c1-12-8-9-22(21-12)17-7-6-16(19-20-17)18-11-13-4-5-14(23-2)10-15(13)24-3/h4-10H,11H2,1-3H3,(H,18,19). The lowest BCUT2D eigenvalue weighted by Gasteiger charge is -2.11. The molecular formula is C17H19N5O2. The van der Waals surface area contributed by atoms with Gasteiger partial charge in [0.05, 0.1) is 19.9 Å². The van der Waals surface area contributed by atoms with E-state index in [9.17, 15) is 0 Å². The number of rotatable bonds is 6. The molecule has 0 aliphatic carbocycles. The first-order valence-electron chi connectivity index (χ1n) is 7.51. The van der Waals surface area contributed by atoms with Crippen LogP contribution in [0.15, 0.2) is 42.6 Å². The summed E-state index contributed by atoms with van der Waals surface area (Å²) in [6.45, 7) is 2.50. The molecule has 0 aliphatic heterocycles. The van der Waals surface area contributed by atoms with Crippen LogP contribution in [0.5, 0.6) is 11.5 Å². The van der Waals surface area contributed by atoms with Gasteiger partial charge in [-0.05, 0) is 37.3 Å². The Morgan fingerprint density at radius 2 is 1.92 bits per heavy atom. The second-order valence-electron chi connectivity index (χ2n) is 5.21. The Bertz CT molecular complexity index is 814. The SMILES string of the molecule is COc1ccc(CNc2ccc(-n3ccc(C)n3)nn2)c(OC)c1. The molecule has 0 atom stereocenters. The topological polar surface area (TPSA) is 74.1 Å². The quantitative estimate of drug-likeness (QED) is 0.751. The van der Waals surface area contributed by atoms with E-state index in [2.05, 4.69) is 20.6 Å². The van der Waals surface area contributed by atoms with Crippen molar-refractivity contribution in [3.05, 3.63) is 53.9 Å². The second-order valence-corrected chi connectivity index (χ2v) is 5.21. The fraction of sp³-hybridized carbons (Fsp3) is 0.235. The molecule has 0 aliphatic rings. The van der Waals surface area contributed by atoms with E-state index in [-0.39, 0.29) is 0 Å². The first-order valence-corrected chi connectivity index (χ1v) is 7.51. The summed E-state index contributed by atoms with van der Waals surface area (Å²) in [7, 11) is 3.27. The van der Waals surface area contributed by atoms with Gasteiger partial charge in [-0.15, -0.1) is 10.2 Å². The zero-order chi connectivity index (χ0) is 16.9. The van der Waals surface area contributed by atoms with Crippen molar-refractivity contribution in [3.8, 4) is 17.3 Å². The average molecular weight is 325 g/mol. The number of methoxy groups -OCH3 is 2. The van der Waals surface area contributed by atoms with Gasteiger partial charge in [0.15, 0.2) is 5.82 Å². The Morgan fingerprint density at radius 1 is 1.04 bits per heavy atom. The summed E-state index contributed by atoms with van der Waals surface area (Å²) in [5, 5.41) is 15.9. The van der Waals surface area contributed by atoms with Crippen molar-refractivity contribution in [2.45, 2.75) is 13.5 Å². The highest BCUT2D eigenvalue weighted by atomic mass is 16.5. The smallest absolute Gasteiger partial charge is 0.175 e. The molecular weight excluding hydrogens is 306 g/mol. The normalized spacial score (nSPS) is 10.5. The van der Waals surface area contributed by atoms with Crippen LogP contribution in [0.2, 0.25) is 0 Å². The maximum atomic E-state index is 5.39. The van der Waals surface area contributed by atoms with Crippen LogP contribution in [0.3, 0.4) is 0 Å². The van der Waals surface area contributed by atoms with Crippen molar-refractivity contribution in [2.75, 3.05) is 19.5 Å². The summed E-state index contributed by atoms with van der Waals surface area (Å²) in [6.07, 6.45) is 1.86. The summed E-state index contributed by atoms with van der Waals surface area (Å²) in [5.74, 6) is 2.88. The molecule has 0 bridgehead atoms. The molecule has 124 valence electrons. The van der Waals surface area contributed by atoms with Crippen LogP contribution in [0, 0.1) is 6.92 Å². The number of nitrogens with zero attached hydrogens (tertiary/aromatic N) is 4. The Morgan fingerprint density at radius 3 is 2.54 bits per heavy atom. The highest BCUT2D eigenvalue weighted by Gasteiger charge is 2.06. The molecule has 0 amide bonds. The largest absolute Gasteiger partial charge is 0.497 e. The Balaban J connectivity index is 1.69. The van der Waals surface area contributed by atoms with Gasteiger partial charge >= 0.3 is 0 Å². The lowest BCUT2D eigenvalue weighted by Crippen LogP contribution is -2.06. The van der Waals surface area contributed by atoms with E-state index in [1.165, 1.54) is 0 Å². The van der Waals surface area contributed by atoms with E-state index in [4.69, 9.17) is 9.47 Å². The van der Waals surface area contributed by atoms with Gasteiger partial charge in [0.1, 0.15) is 17.3 Å². The molecule has 3 rings (SSSR count). The molecule has 2 heterocycles. The van der Waals surface area contributed by atoms with Gasteiger partial charge in [-0.1, -0.05) is 0 Å². The van der Waals surface area contributed by atoms with Crippen molar-refractivity contribution in [1.82, 2.24) is 20.0 Å². The maximum absolute atomic E-state index is 5.39. The molecule has 0 unspecified atom stereocenters. The Kier molecular flexibility index (Phi) is 4.60. The first-order chi connectivity index (χ1) is 11.7. The fourth-order valence-electron chi connectivity index (χ4n) is 2.27. The zero-order valence-corrected chi connectivity index (χ0v) is 13.9. The minimum absolute atomic E-state index is 0.572. The number of aromatic nitrogens is 4. The molecule has 0 saturated carbocycles. The molecule has 0 fully saturated rings. The third-order valence-corrected chi connectivity index (χ3v) is 3.56. The van der Waals surface area contributed by atoms with Crippen molar-refractivity contribution >= 4 is 5.82 Å². The molecule has 1 aromatic carbocycles. The number of aryl methyl sites for hydroxylation is 1.